The van der Waals surface area contributed by atoms with E-state index in [0.717, 1.165) is 27.2 Å². The molecule has 0 bridgehead atoms. The minimum atomic E-state index is 0.473. The summed E-state index contributed by atoms with van der Waals surface area (Å²) in [6.45, 7) is 0. The summed E-state index contributed by atoms with van der Waals surface area (Å²) in [6.07, 6.45) is 3.73. The highest BCUT2D eigenvalue weighted by Crippen LogP contribution is 2.22. The topological polar surface area (TPSA) is 22.1 Å². The molecule has 0 radical (unpaired) electrons. The Kier molecular flexibility index (Phi) is 4.22. The van der Waals surface area contributed by atoms with Gasteiger partial charge in [-0.1, -0.05) is 60.1 Å². The van der Waals surface area contributed by atoms with Crippen molar-refractivity contribution < 1.29 is 4.65 Å². The molecule has 0 atom stereocenters. The minimum Gasteiger partial charge on any atom is -0.558 e. The van der Waals surface area contributed by atoms with E-state index in [2.05, 4.69) is 4.98 Å². The van der Waals surface area contributed by atoms with Crippen molar-refractivity contribution in [3.8, 4) is 5.75 Å². The van der Waals surface area contributed by atoms with Gasteiger partial charge in [-0.05, 0) is 23.8 Å². The van der Waals surface area contributed by atoms with Gasteiger partial charge in [-0.2, -0.15) is 0 Å². The molecule has 2 nitrogen and oxygen atoms in total. The van der Waals surface area contributed by atoms with E-state index in [0.29, 0.717) is 7.48 Å². The van der Waals surface area contributed by atoms with Gasteiger partial charge in [0.1, 0.15) is 11.3 Å². The lowest BCUT2D eigenvalue weighted by molar-refractivity contribution is 0.610. The van der Waals surface area contributed by atoms with Gasteiger partial charge >= 0.3 is 7.48 Å². The Morgan fingerprint density at radius 1 is 1.00 bits per heavy atom. The average molecular weight is 294 g/mol. The first kappa shape index (κ1) is 13.7. The predicted molar refractivity (Wildman–Crippen MR) is 90.0 cm³/mol. The fourth-order valence-electron chi connectivity index (χ4n) is 2.12. The number of para-hydroxylation sites is 1. The summed E-state index contributed by atoms with van der Waals surface area (Å²) in [5.74, 6) is 2.74. The first-order valence-corrected chi connectivity index (χ1v) is 7.10. The highest BCUT2D eigenvalue weighted by atomic mass is 35.5. The van der Waals surface area contributed by atoms with Crippen molar-refractivity contribution in [1.82, 2.24) is 4.98 Å². The molecule has 0 fully saturated rings. The molecular formula is C17H13BClNO. The molecule has 4 heteroatoms. The number of pyridine rings is 1. The third-order valence-electron chi connectivity index (χ3n) is 3.13. The maximum atomic E-state index is 6.10. The van der Waals surface area contributed by atoms with Crippen LogP contribution in [0.5, 0.6) is 5.75 Å². The molecular weight excluding hydrogens is 280 g/mol. The Labute approximate surface area is 129 Å². The quantitative estimate of drug-likeness (QED) is 0.670. The molecule has 1 aromatic heterocycles. The first-order valence-electron chi connectivity index (χ1n) is 6.72. The highest BCUT2D eigenvalue weighted by molar-refractivity contribution is 6.37. The Morgan fingerprint density at radius 3 is 2.76 bits per heavy atom. The van der Waals surface area contributed by atoms with Gasteiger partial charge in [-0.3, -0.25) is 4.98 Å². The van der Waals surface area contributed by atoms with Crippen LogP contribution in [0, 0.1) is 0 Å². The van der Waals surface area contributed by atoms with E-state index in [1.165, 1.54) is 0 Å². The van der Waals surface area contributed by atoms with Gasteiger partial charge in [-0.15, -0.1) is 0 Å². The molecule has 0 unspecified atom stereocenters. The third kappa shape index (κ3) is 3.26. The molecule has 2 aromatic carbocycles. The van der Waals surface area contributed by atoms with E-state index in [4.69, 9.17) is 16.3 Å². The maximum Gasteiger partial charge on any atom is 0.366 e. The van der Waals surface area contributed by atoms with Crippen LogP contribution in [0.2, 0.25) is 5.02 Å². The molecule has 102 valence electrons. The van der Waals surface area contributed by atoms with Gasteiger partial charge in [0, 0.05) is 16.6 Å². The Hall–Kier alpha value is -2.26. The van der Waals surface area contributed by atoms with Gasteiger partial charge in [-0.25, -0.2) is 0 Å². The first-order chi connectivity index (χ1) is 10.3. The van der Waals surface area contributed by atoms with E-state index < -0.39 is 0 Å². The van der Waals surface area contributed by atoms with Crippen LogP contribution in [0.3, 0.4) is 0 Å². The predicted octanol–water partition coefficient (Wildman–Crippen LogP) is 4.29. The Bertz CT molecular complexity index is 783. The van der Waals surface area contributed by atoms with E-state index >= 15 is 0 Å². The van der Waals surface area contributed by atoms with Crippen molar-refractivity contribution >= 4 is 36.1 Å². The molecule has 0 aliphatic carbocycles. The van der Waals surface area contributed by atoms with Gasteiger partial charge in [0.15, 0.2) is 0 Å². The summed E-state index contributed by atoms with van der Waals surface area (Å²) >= 11 is 6.10. The lowest BCUT2D eigenvalue weighted by Gasteiger charge is -2.06. The number of benzene rings is 2. The van der Waals surface area contributed by atoms with Gasteiger partial charge < -0.3 is 4.65 Å². The number of fused-ring (bicyclic) bond motifs is 1. The standard InChI is InChI=1S/C17H13BClNO/c19-15-8-2-1-5-13(15)10-11-18-21-16-9-3-6-14-7-4-12-20-17(14)16/h1-12,18H. The summed E-state index contributed by atoms with van der Waals surface area (Å²) in [7, 11) is 0.473. The van der Waals surface area contributed by atoms with E-state index in [1.807, 2.05) is 66.6 Å². The largest absolute Gasteiger partial charge is 0.558 e. The second-order valence-corrected chi connectivity index (χ2v) is 4.97. The number of nitrogens with zero attached hydrogens (tertiary/aromatic N) is 1. The molecule has 0 spiro atoms. The van der Waals surface area contributed by atoms with Crippen molar-refractivity contribution in [2.45, 2.75) is 0 Å². The van der Waals surface area contributed by atoms with Crippen molar-refractivity contribution in [2.75, 3.05) is 0 Å². The van der Waals surface area contributed by atoms with Gasteiger partial charge in [0.05, 0.1) is 0 Å². The SMILES string of the molecule is Clc1ccccc1C=CBOc1cccc2cccnc12. The zero-order valence-corrected chi connectivity index (χ0v) is 12.1. The van der Waals surface area contributed by atoms with E-state index in [-0.39, 0.29) is 0 Å². The smallest absolute Gasteiger partial charge is 0.366 e. The van der Waals surface area contributed by atoms with Crippen LogP contribution in [0.15, 0.2) is 66.8 Å². The van der Waals surface area contributed by atoms with Crippen molar-refractivity contribution in [3.63, 3.8) is 0 Å². The zero-order valence-electron chi connectivity index (χ0n) is 11.4. The molecule has 0 N–H and O–H groups in total. The molecule has 0 aliphatic heterocycles. The molecule has 0 saturated heterocycles. The van der Waals surface area contributed by atoms with Crippen molar-refractivity contribution in [2.24, 2.45) is 0 Å². The van der Waals surface area contributed by atoms with Crippen LogP contribution >= 0.6 is 11.6 Å². The van der Waals surface area contributed by atoms with Crippen LogP contribution in [0.1, 0.15) is 5.56 Å². The second-order valence-electron chi connectivity index (χ2n) is 4.57. The number of hydrogen-bond donors (Lipinski definition) is 0. The van der Waals surface area contributed by atoms with Crippen molar-refractivity contribution in [1.29, 1.82) is 0 Å². The summed E-state index contributed by atoms with van der Waals surface area (Å²) in [5.41, 5.74) is 1.87. The van der Waals surface area contributed by atoms with Gasteiger partial charge in [0.2, 0.25) is 0 Å². The summed E-state index contributed by atoms with van der Waals surface area (Å²) in [4.78, 5) is 4.36. The van der Waals surface area contributed by atoms with Crippen LogP contribution < -0.4 is 4.65 Å². The molecule has 1 heterocycles. The van der Waals surface area contributed by atoms with Crippen LogP contribution in [0.4, 0.5) is 0 Å². The monoisotopic (exact) mass is 293 g/mol. The second kappa shape index (κ2) is 6.46. The summed E-state index contributed by atoms with van der Waals surface area (Å²) in [6, 6.07) is 17.6. The Morgan fingerprint density at radius 2 is 1.86 bits per heavy atom. The number of hydrogen-bond acceptors (Lipinski definition) is 2. The lowest BCUT2D eigenvalue weighted by Crippen LogP contribution is -1.99. The van der Waals surface area contributed by atoms with Crippen LogP contribution in [0.25, 0.3) is 17.0 Å². The highest BCUT2D eigenvalue weighted by Gasteiger charge is 2.01. The van der Waals surface area contributed by atoms with E-state index in [9.17, 15) is 0 Å². The van der Waals surface area contributed by atoms with Crippen LogP contribution in [-0.2, 0) is 0 Å². The third-order valence-corrected chi connectivity index (χ3v) is 3.48. The number of rotatable bonds is 4. The summed E-state index contributed by atoms with van der Waals surface area (Å²) in [5, 5.41) is 1.81. The van der Waals surface area contributed by atoms with E-state index in [1.54, 1.807) is 6.20 Å². The minimum absolute atomic E-state index is 0.473. The Balaban J connectivity index is 1.71. The number of aromatic nitrogens is 1. The molecule has 3 rings (SSSR count). The summed E-state index contributed by atoms with van der Waals surface area (Å²) < 4.78 is 5.79. The maximum absolute atomic E-state index is 6.10. The number of halogens is 1. The normalized spacial score (nSPS) is 10.9. The fourth-order valence-corrected chi connectivity index (χ4v) is 2.31. The molecule has 21 heavy (non-hydrogen) atoms. The molecule has 0 aliphatic rings. The molecule has 0 amide bonds. The lowest BCUT2D eigenvalue weighted by atomic mass is 9.99. The fraction of sp³-hybridized carbons (Fsp3) is 0. The zero-order chi connectivity index (χ0) is 14.5. The van der Waals surface area contributed by atoms with Gasteiger partial charge in [0.25, 0.3) is 0 Å². The van der Waals surface area contributed by atoms with Crippen LogP contribution in [-0.4, -0.2) is 12.5 Å². The molecule has 3 aromatic rings. The average Bonchev–Trinajstić information content (AvgIpc) is 2.53. The van der Waals surface area contributed by atoms with Crippen molar-refractivity contribution in [3.05, 3.63) is 77.4 Å². The molecule has 0 saturated carbocycles.